The van der Waals surface area contributed by atoms with Crippen molar-refractivity contribution in [1.82, 2.24) is 5.32 Å². The first-order valence-corrected chi connectivity index (χ1v) is 4.28. The highest BCUT2D eigenvalue weighted by molar-refractivity contribution is 5.84. The molecular weight excluding hydrogens is 172 g/mol. The van der Waals surface area contributed by atoms with Crippen molar-refractivity contribution in [3.8, 4) is 0 Å². The number of amidine groups is 1. The normalized spacial score (nSPS) is 19.0. The van der Waals surface area contributed by atoms with E-state index in [2.05, 4.69) is 10.3 Å². The fraction of sp³-hybridized carbons (Fsp3) is 0.750. The number of hydrogen-bond acceptors (Lipinski definition) is 4. The molecule has 1 unspecified atom stereocenters. The minimum atomic E-state index is -0.801. The summed E-state index contributed by atoms with van der Waals surface area (Å²) in [5.41, 5.74) is 0. The van der Waals surface area contributed by atoms with Gasteiger partial charge in [0, 0.05) is 6.54 Å². The summed E-state index contributed by atoms with van der Waals surface area (Å²) in [4.78, 5) is 14.6. The number of ether oxygens (including phenoxy) is 1. The molecule has 0 fully saturated rings. The molecule has 1 heterocycles. The molecule has 0 saturated heterocycles. The largest absolute Gasteiger partial charge is 0.481 e. The van der Waals surface area contributed by atoms with Crippen LogP contribution in [0, 0.1) is 5.92 Å². The lowest BCUT2D eigenvalue weighted by atomic mass is 10.2. The molecule has 1 atom stereocenters. The predicted octanol–water partition coefficient (Wildman–Crippen LogP) is -0.275. The molecule has 0 saturated carbocycles. The lowest BCUT2D eigenvalue weighted by molar-refractivity contribution is -0.140. The lowest BCUT2D eigenvalue weighted by Crippen LogP contribution is -2.36. The van der Waals surface area contributed by atoms with Crippen LogP contribution in [-0.4, -0.2) is 43.2 Å². The van der Waals surface area contributed by atoms with Gasteiger partial charge in [-0.15, -0.1) is 0 Å². The van der Waals surface area contributed by atoms with Gasteiger partial charge < -0.3 is 15.2 Å². The molecule has 0 aromatic heterocycles. The molecule has 5 heteroatoms. The summed E-state index contributed by atoms with van der Waals surface area (Å²) in [6, 6.07) is 0. The standard InChI is InChI=1S/C8H14N2O3/c1-6(8(11)12)4-10-7-5-13-3-2-9-7/h6H,2-5H2,1H3,(H,9,10)(H,11,12). The minimum Gasteiger partial charge on any atom is -0.481 e. The third-order valence-corrected chi connectivity index (χ3v) is 1.81. The molecule has 1 aliphatic rings. The smallest absolute Gasteiger partial charge is 0.308 e. The Morgan fingerprint density at radius 2 is 2.62 bits per heavy atom. The van der Waals surface area contributed by atoms with Crippen LogP contribution in [0.25, 0.3) is 0 Å². The number of nitrogens with zero attached hydrogens (tertiary/aromatic N) is 1. The van der Waals surface area contributed by atoms with Gasteiger partial charge in [0.25, 0.3) is 0 Å². The van der Waals surface area contributed by atoms with Crippen molar-refractivity contribution in [2.45, 2.75) is 6.92 Å². The van der Waals surface area contributed by atoms with Gasteiger partial charge >= 0.3 is 5.97 Å². The van der Waals surface area contributed by atoms with Crippen molar-refractivity contribution in [3.05, 3.63) is 0 Å². The first-order valence-electron chi connectivity index (χ1n) is 4.28. The number of hydrogen-bond donors (Lipinski definition) is 2. The fourth-order valence-corrected chi connectivity index (χ4v) is 0.925. The highest BCUT2D eigenvalue weighted by Gasteiger charge is 2.12. The van der Waals surface area contributed by atoms with E-state index in [0.29, 0.717) is 26.3 Å². The van der Waals surface area contributed by atoms with Crippen LogP contribution in [0.1, 0.15) is 6.92 Å². The number of carboxylic acid groups (broad SMARTS) is 1. The first-order chi connectivity index (χ1) is 6.20. The van der Waals surface area contributed by atoms with E-state index in [4.69, 9.17) is 9.84 Å². The highest BCUT2D eigenvalue weighted by Crippen LogP contribution is 1.94. The first kappa shape index (κ1) is 9.98. The molecular formula is C8H14N2O3. The average Bonchev–Trinajstić information content (AvgIpc) is 2.15. The van der Waals surface area contributed by atoms with Crippen LogP contribution in [0.4, 0.5) is 0 Å². The van der Waals surface area contributed by atoms with Crippen LogP contribution in [0.15, 0.2) is 4.99 Å². The van der Waals surface area contributed by atoms with Gasteiger partial charge in [0.1, 0.15) is 12.4 Å². The van der Waals surface area contributed by atoms with Gasteiger partial charge in [0.05, 0.1) is 19.1 Å². The van der Waals surface area contributed by atoms with Crippen molar-refractivity contribution >= 4 is 11.8 Å². The molecule has 0 amide bonds. The Bertz CT molecular complexity index is 215. The van der Waals surface area contributed by atoms with E-state index < -0.39 is 11.9 Å². The molecule has 74 valence electrons. The van der Waals surface area contributed by atoms with E-state index in [1.165, 1.54) is 0 Å². The molecule has 0 aromatic carbocycles. The SMILES string of the molecule is CC(CNC1=NCCOC1)C(=O)O. The van der Waals surface area contributed by atoms with Gasteiger partial charge in [-0.05, 0) is 0 Å². The number of aliphatic imine (C=N–C) groups is 1. The molecule has 5 nitrogen and oxygen atoms in total. The van der Waals surface area contributed by atoms with E-state index in [9.17, 15) is 4.79 Å². The predicted molar refractivity (Wildman–Crippen MR) is 47.9 cm³/mol. The average molecular weight is 186 g/mol. The molecule has 1 rings (SSSR count). The molecule has 13 heavy (non-hydrogen) atoms. The highest BCUT2D eigenvalue weighted by atomic mass is 16.5. The van der Waals surface area contributed by atoms with E-state index >= 15 is 0 Å². The summed E-state index contributed by atoms with van der Waals surface area (Å²) in [6.45, 7) is 3.83. The third-order valence-electron chi connectivity index (χ3n) is 1.81. The molecule has 0 aliphatic carbocycles. The number of carbonyl (C=O) groups is 1. The van der Waals surface area contributed by atoms with Crippen LogP contribution in [0.5, 0.6) is 0 Å². The Kier molecular flexibility index (Phi) is 3.70. The van der Waals surface area contributed by atoms with Gasteiger partial charge in [-0.1, -0.05) is 6.92 Å². The van der Waals surface area contributed by atoms with Crippen LogP contribution in [-0.2, 0) is 9.53 Å². The Balaban J connectivity index is 2.25. The monoisotopic (exact) mass is 186 g/mol. The Morgan fingerprint density at radius 1 is 1.85 bits per heavy atom. The Morgan fingerprint density at radius 3 is 3.15 bits per heavy atom. The summed E-state index contributed by atoms with van der Waals surface area (Å²) in [5, 5.41) is 11.5. The summed E-state index contributed by atoms with van der Waals surface area (Å²) >= 11 is 0. The molecule has 0 bridgehead atoms. The number of carboxylic acids is 1. The van der Waals surface area contributed by atoms with Crippen molar-refractivity contribution in [2.75, 3.05) is 26.3 Å². The van der Waals surface area contributed by atoms with Crippen molar-refractivity contribution in [3.63, 3.8) is 0 Å². The maximum Gasteiger partial charge on any atom is 0.308 e. The van der Waals surface area contributed by atoms with Crippen LogP contribution < -0.4 is 5.32 Å². The zero-order chi connectivity index (χ0) is 9.68. The van der Waals surface area contributed by atoms with E-state index in [1.807, 2.05) is 0 Å². The number of nitrogens with one attached hydrogen (secondary N) is 1. The van der Waals surface area contributed by atoms with Gasteiger partial charge in [-0.2, -0.15) is 0 Å². The van der Waals surface area contributed by atoms with Gasteiger partial charge in [0.15, 0.2) is 0 Å². The van der Waals surface area contributed by atoms with Gasteiger partial charge in [-0.25, -0.2) is 0 Å². The van der Waals surface area contributed by atoms with Crippen LogP contribution >= 0.6 is 0 Å². The second kappa shape index (κ2) is 4.81. The summed E-state index contributed by atoms with van der Waals surface area (Å²) in [5.74, 6) is -0.450. The van der Waals surface area contributed by atoms with Crippen molar-refractivity contribution in [2.24, 2.45) is 10.9 Å². The van der Waals surface area contributed by atoms with Crippen molar-refractivity contribution < 1.29 is 14.6 Å². The quantitative estimate of drug-likeness (QED) is 0.636. The lowest BCUT2D eigenvalue weighted by Gasteiger charge is -2.15. The third kappa shape index (κ3) is 3.42. The van der Waals surface area contributed by atoms with E-state index in [1.54, 1.807) is 6.92 Å². The molecule has 2 N–H and O–H groups in total. The maximum absolute atomic E-state index is 10.5. The zero-order valence-corrected chi connectivity index (χ0v) is 7.62. The summed E-state index contributed by atoms with van der Waals surface area (Å²) in [6.07, 6.45) is 0. The molecule has 0 radical (unpaired) electrons. The van der Waals surface area contributed by atoms with Crippen LogP contribution in [0.2, 0.25) is 0 Å². The van der Waals surface area contributed by atoms with Crippen molar-refractivity contribution in [1.29, 1.82) is 0 Å². The molecule has 0 aromatic rings. The molecule has 0 spiro atoms. The minimum absolute atomic E-state index is 0.398. The van der Waals surface area contributed by atoms with Gasteiger partial charge in [0.2, 0.25) is 0 Å². The maximum atomic E-state index is 10.5. The van der Waals surface area contributed by atoms with Crippen LogP contribution in [0.3, 0.4) is 0 Å². The number of aliphatic carboxylic acids is 1. The fourth-order valence-electron chi connectivity index (χ4n) is 0.925. The zero-order valence-electron chi connectivity index (χ0n) is 7.62. The molecule has 1 aliphatic heterocycles. The summed E-state index contributed by atoms with van der Waals surface area (Å²) in [7, 11) is 0. The van der Waals surface area contributed by atoms with Gasteiger partial charge in [-0.3, -0.25) is 9.79 Å². The summed E-state index contributed by atoms with van der Waals surface area (Å²) < 4.78 is 5.13. The van der Waals surface area contributed by atoms with E-state index in [-0.39, 0.29) is 0 Å². The second-order valence-electron chi connectivity index (χ2n) is 3.00. The second-order valence-corrected chi connectivity index (χ2v) is 3.00. The Labute approximate surface area is 76.8 Å². The number of rotatable bonds is 3. The van der Waals surface area contributed by atoms with E-state index in [0.717, 1.165) is 5.84 Å². The topological polar surface area (TPSA) is 70.9 Å². The Hall–Kier alpha value is -1.10.